The summed E-state index contributed by atoms with van der Waals surface area (Å²) in [5.74, 6) is 0.475. The van der Waals surface area contributed by atoms with Gasteiger partial charge >= 0.3 is 5.97 Å². The fraction of sp³-hybridized carbons (Fsp3) is 0.182. The smallest absolute Gasteiger partial charge is 0.333 e. The van der Waals surface area contributed by atoms with Crippen LogP contribution in [0.1, 0.15) is 0 Å². The molecule has 0 atom stereocenters. The number of methoxy groups -OCH3 is 1. The predicted molar refractivity (Wildman–Crippen MR) is 58.8 cm³/mol. The molecule has 1 aliphatic heterocycles. The second-order valence-corrected chi connectivity index (χ2v) is 3.26. The summed E-state index contributed by atoms with van der Waals surface area (Å²) in [5.41, 5.74) is 7.43. The molecule has 1 aliphatic rings. The Labute approximate surface area is 93.0 Å². The first kappa shape index (κ1) is 10.4. The van der Waals surface area contributed by atoms with Crippen molar-refractivity contribution in [1.29, 1.82) is 0 Å². The average molecular weight is 220 g/mol. The third-order valence-corrected chi connectivity index (χ3v) is 2.12. The molecule has 2 N–H and O–H groups in total. The van der Waals surface area contributed by atoms with Crippen LogP contribution in [0.5, 0.6) is 5.75 Å². The minimum atomic E-state index is -0.320. The van der Waals surface area contributed by atoms with Gasteiger partial charge in [-0.3, -0.25) is 0 Å². The summed E-state index contributed by atoms with van der Waals surface area (Å²) in [5, 5.41) is 0. The zero-order chi connectivity index (χ0) is 11.4. The second-order valence-electron chi connectivity index (χ2n) is 3.26. The molecular weight excluding hydrogens is 208 g/mol. The fourth-order valence-corrected chi connectivity index (χ4v) is 1.27. The van der Waals surface area contributed by atoms with Crippen molar-refractivity contribution >= 4 is 11.7 Å². The number of hydrogen-bond acceptors (Lipinski definition) is 5. The molecule has 16 heavy (non-hydrogen) atoms. The Morgan fingerprint density at radius 2 is 2.00 bits per heavy atom. The first-order chi connectivity index (χ1) is 7.78. The average Bonchev–Trinajstić information content (AvgIpc) is 2.73. The van der Waals surface area contributed by atoms with Crippen molar-refractivity contribution in [3.63, 3.8) is 0 Å². The van der Waals surface area contributed by atoms with E-state index in [1.165, 1.54) is 6.08 Å². The highest BCUT2D eigenvalue weighted by molar-refractivity contribution is 5.85. The van der Waals surface area contributed by atoms with Gasteiger partial charge in [-0.1, -0.05) is 0 Å². The standard InChI is InChI=1S/C11H12N2O3/c1-15-10-4-2-8(3-5-10)12-13-9-6-11(14)16-7-9/h2-6,12-13H,7H2,1H3. The summed E-state index contributed by atoms with van der Waals surface area (Å²) in [7, 11) is 1.62. The second kappa shape index (κ2) is 4.57. The molecule has 2 rings (SSSR count). The zero-order valence-corrected chi connectivity index (χ0v) is 8.82. The van der Waals surface area contributed by atoms with Crippen LogP contribution in [0.25, 0.3) is 0 Å². The molecule has 1 heterocycles. The number of nitrogens with one attached hydrogen (secondary N) is 2. The minimum Gasteiger partial charge on any atom is -0.497 e. The number of hydrogen-bond donors (Lipinski definition) is 2. The van der Waals surface area contributed by atoms with Crippen molar-refractivity contribution in [2.24, 2.45) is 0 Å². The van der Waals surface area contributed by atoms with Gasteiger partial charge in [0.1, 0.15) is 12.4 Å². The third kappa shape index (κ3) is 2.44. The van der Waals surface area contributed by atoms with E-state index in [1.807, 2.05) is 24.3 Å². The van der Waals surface area contributed by atoms with E-state index in [9.17, 15) is 4.79 Å². The van der Waals surface area contributed by atoms with Crippen LogP contribution in [-0.2, 0) is 9.53 Å². The van der Waals surface area contributed by atoms with Crippen molar-refractivity contribution in [2.45, 2.75) is 0 Å². The van der Waals surface area contributed by atoms with Gasteiger partial charge in [0.15, 0.2) is 0 Å². The molecule has 0 amide bonds. The normalized spacial score (nSPS) is 14.1. The molecule has 1 aromatic rings. The van der Waals surface area contributed by atoms with E-state index in [2.05, 4.69) is 10.9 Å². The highest BCUT2D eigenvalue weighted by atomic mass is 16.5. The maximum atomic E-state index is 10.8. The lowest BCUT2D eigenvalue weighted by Crippen LogP contribution is -2.21. The molecule has 0 unspecified atom stereocenters. The molecule has 0 spiro atoms. The van der Waals surface area contributed by atoms with Gasteiger partial charge < -0.3 is 20.3 Å². The van der Waals surface area contributed by atoms with Crippen LogP contribution in [-0.4, -0.2) is 19.7 Å². The first-order valence-corrected chi connectivity index (χ1v) is 4.81. The van der Waals surface area contributed by atoms with Gasteiger partial charge in [-0.2, -0.15) is 0 Å². The SMILES string of the molecule is COc1ccc(NNC2=CC(=O)OC2)cc1. The van der Waals surface area contributed by atoms with Gasteiger partial charge in [-0.15, -0.1) is 0 Å². The monoisotopic (exact) mass is 220 g/mol. The number of anilines is 1. The summed E-state index contributed by atoms with van der Waals surface area (Å²) in [6.45, 7) is 0.280. The maximum Gasteiger partial charge on any atom is 0.333 e. The predicted octanol–water partition coefficient (Wildman–Crippen LogP) is 1.05. The lowest BCUT2D eigenvalue weighted by Gasteiger charge is -2.09. The number of esters is 1. The van der Waals surface area contributed by atoms with E-state index in [0.717, 1.165) is 11.4 Å². The number of carbonyl (C=O) groups excluding carboxylic acids is 1. The van der Waals surface area contributed by atoms with Gasteiger partial charge in [0.2, 0.25) is 0 Å². The quantitative estimate of drug-likeness (QED) is 0.586. The van der Waals surface area contributed by atoms with Crippen molar-refractivity contribution < 1.29 is 14.3 Å². The molecule has 0 fully saturated rings. The van der Waals surface area contributed by atoms with Crippen LogP contribution in [0.15, 0.2) is 36.0 Å². The van der Waals surface area contributed by atoms with Crippen LogP contribution >= 0.6 is 0 Å². The van der Waals surface area contributed by atoms with Crippen LogP contribution in [0.3, 0.4) is 0 Å². The molecule has 0 saturated carbocycles. The minimum absolute atomic E-state index is 0.280. The van der Waals surface area contributed by atoms with Crippen molar-refractivity contribution in [1.82, 2.24) is 5.43 Å². The molecule has 0 aromatic heterocycles. The Hall–Kier alpha value is -2.17. The molecule has 5 heteroatoms. The summed E-state index contributed by atoms with van der Waals surface area (Å²) in [6.07, 6.45) is 1.41. The van der Waals surface area contributed by atoms with Crippen molar-refractivity contribution in [3.05, 3.63) is 36.0 Å². The topological polar surface area (TPSA) is 59.6 Å². The highest BCUT2D eigenvalue weighted by Gasteiger charge is 2.11. The summed E-state index contributed by atoms with van der Waals surface area (Å²) < 4.78 is 9.77. The van der Waals surface area contributed by atoms with E-state index in [0.29, 0.717) is 5.70 Å². The largest absolute Gasteiger partial charge is 0.497 e. The van der Waals surface area contributed by atoms with Gasteiger partial charge in [-0.05, 0) is 24.3 Å². The molecule has 84 valence electrons. The molecule has 0 bridgehead atoms. The molecule has 1 aromatic carbocycles. The maximum absolute atomic E-state index is 10.8. The van der Waals surface area contributed by atoms with E-state index in [4.69, 9.17) is 9.47 Å². The summed E-state index contributed by atoms with van der Waals surface area (Å²) in [4.78, 5) is 10.8. The van der Waals surface area contributed by atoms with Gasteiger partial charge in [0, 0.05) is 6.08 Å². The molecule has 0 aliphatic carbocycles. The van der Waals surface area contributed by atoms with Gasteiger partial charge in [0.25, 0.3) is 0 Å². The number of benzene rings is 1. The van der Waals surface area contributed by atoms with Crippen LogP contribution in [0.4, 0.5) is 5.69 Å². The number of cyclic esters (lactones) is 1. The Morgan fingerprint density at radius 1 is 1.25 bits per heavy atom. The third-order valence-electron chi connectivity index (χ3n) is 2.12. The zero-order valence-electron chi connectivity index (χ0n) is 8.82. The number of hydrazine groups is 1. The number of carbonyl (C=O) groups is 1. The highest BCUT2D eigenvalue weighted by Crippen LogP contribution is 2.14. The van der Waals surface area contributed by atoms with E-state index in [1.54, 1.807) is 7.11 Å². The Balaban J connectivity index is 1.89. The van der Waals surface area contributed by atoms with Gasteiger partial charge in [-0.25, -0.2) is 4.79 Å². The van der Waals surface area contributed by atoms with Crippen LogP contribution in [0, 0.1) is 0 Å². The molecule has 0 saturated heterocycles. The van der Waals surface area contributed by atoms with E-state index in [-0.39, 0.29) is 12.6 Å². The molecule has 5 nitrogen and oxygen atoms in total. The fourth-order valence-electron chi connectivity index (χ4n) is 1.27. The summed E-state index contributed by atoms with van der Waals surface area (Å²) in [6, 6.07) is 7.41. The number of rotatable bonds is 4. The van der Waals surface area contributed by atoms with E-state index < -0.39 is 0 Å². The number of ether oxygens (including phenoxy) is 2. The van der Waals surface area contributed by atoms with Crippen LogP contribution < -0.4 is 15.6 Å². The van der Waals surface area contributed by atoms with E-state index >= 15 is 0 Å². The lowest BCUT2D eigenvalue weighted by molar-refractivity contribution is -0.134. The molecule has 0 radical (unpaired) electrons. The van der Waals surface area contributed by atoms with Crippen molar-refractivity contribution in [3.8, 4) is 5.75 Å². The Bertz CT molecular complexity index is 412. The Morgan fingerprint density at radius 3 is 2.56 bits per heavy atom. The Kier molecular flexibility index (Phi) is 2.95. The van der Waals surface area contributed by atoms with Gasteiger partial charge in [0.05, 0.1) is 18.5 Å². The van der Waals surface area contributed by atoms with Crippen LogP contribution in [0.2, 0.25) is 0 Å². The van der Waals surface area contributed by atoms with Crippen molar-refractivity contribution in [2.75, 3.05) is 19.1 Å². The first-order valence-electron chi connectivity index (χ1n) is 4.81. The lowest BCUT2D eigenvalue weighted by atomic mass is 10.3. The molecular formula is C11H12N2O3. The summed E-state index contributed by atoms with van der Waals surface area (Å²) >= 11 is 0.